The van der Waals surface area contributed by atoms with Gasteiger partial charge >= 0.3 is 12.3 Å². The average Bonchev–Trinajstić information content (AvgIpc) is 2.70. The standard InChI is InChI=1S/C10H18N2O5S.C7H6F3NO/c13-10(14)9-1-3-11(4-2-9)18(15,16)12-5-7-17-8-6-12;8-7(9,10)12-6-3-1-5(11)2-4-6/h9H,1-8H2,(H,13,14);1-4H,11H2. The van der Waals surface area contributed by atoms with E-state index in [9.17, 15) is 26.4 Å². The summed E-state index contributed by atoms with van der Waals surface area (Å²) in [5.41, 5.74) is 5.65. The lowest BCUT2D eigenvalue weighted by molar-refractivity contribution is -0.274. The minimum absolute atomic E-state index is 0.267. The first-order chi connectivity index (χ1) is 14.0. The topological polar surface area (TPSA) is 122 Å². The summed E-state index contributed by atoms with van der Waals surface area (Å²) in [5, 5.41) is 8.88. The Morgan fingerprint density at radius 3 is 2.03 bits per heavy atom. The van der Waals surface area contributed by atoms with Crippen LogP contribution in [0.5, 0.6) is 5.75 Å². The number of aliphatic carboxylic acids is 1. The molecule has 1 aromatic carbocycles. The smallest absolute Gasteiger partial charge is 0.481 e. The number of piperidine rings is 1. The number of benzene rings is 1. The van der Waals surface area contributed by atoms with Gasteiger partial charge in [-0.15, -0.1) is 13.2 Å². The first-order valence-corrected chi connectivity index (χ1v) is 10.6. The highest BCUT2D eigenvalue weighted by Gasteiger charge is 2.35. The lowest BCUT2D eigenvalue weighted by Gasteiger charge is -2.35. The molecule has 2 fully saturated rings. The van der Waals surface area contributed by atoms with Crippen LogP contribution in [0.1, 0.15) is 12.8 Å². The predicted molar refractivity (Wildman–Crippen MR) is 101 cm³/mol. The van der Waals surface area contributed by atoms with E-state index in [1.165, 1.54) is 20.7 Å². The van der Waals surface area contributed by atoms with Crippen molar-refractivity contribution in [2.24, 2.45) is 5.92 Å². The van der Waals surface area contributed by atoms with Crippen LogP contribution in [0, 0.1) is 5.92 Å². The van der Waals surface area contributed by atoms with Gasteiger partial charge in [0, 0.05) is 31.9 Å². The normalized spacial score (nSPS) is 19.6. The van der Waals surface area contributed by atoms with Gasteiger partial charge in [0.15, 0.2) is 0 Å². The summed E-state index contributed by atoms with van der Waals surface area (Å²) in [6.45, 7) is 2.17. The molecule has 0 radical (unpaired) electrons. The molecule has 0 spiro atoms. The maximum atomic E-state index is 12.3. The van der Waals surface area contributed by atoms with Gasteiger partial charge < -0.3 is 20.3 Å². The summed E-state index contributed by atoms with van der Waals surface area (Å²) in [5.74, 6) is -1.52. The Morgan fingerprint density at radius 1 is 1.07 bits per heavy atom. The van der Waals surface area contributed by atoms with Gasteiger partial charge in [-0.05, 0) is 37.1 Å². The maximum Gasteiger partial charge on any atom is 0.573 e. The molecule has 2 aliphatic heterocycles. The number of morpholine rings is 1. The van der Waals surface area contributed by atoms with Gasteiger partial charge in [-0.1, -0.05) is 0 Å². The number of carboxylic acids is 1. The number of rotatable bonds is 4. The van der Waals surface area contributed by atoms with Crippen molar-refractivity contribution in [3.05, 3.63) is 24.3 Å². The minimum Gasteiger partial charge on any atom is -0.481 e. The highest BCUT2D eigenvalue weighted by molar-refractivity contribution is 7.86. The molecule has 3 N–H and O–H groups in total. The number of nitrogens with zero attached hydrogens (tertiary/aromatic N) is 2. The number of nitrogen functional groups attached to an aromatic ring is 1. The van der Waals surface area contributed by atoms with E-state index in [0.29, 0.717) is 44.8 Å². The molecule has 0 unspecified atom stereocenters. The van der Waals surface area contributed by atoms with Gasteiger partial charge in [-0.25, -0.2) is 0 Å². The SMILES string of the molecule is Nc1ccc(OC(F)(F)F)cc1.O=C(O)C1CCN(S(=O)(=O)N2CCOCC2)CC1. The van der Waals surface area contributed by atoms with Crippen LogP contribution in [0.15, 0.2) is 24.3 Å². The number of halogens is 3. The second-order valence-corrected chi connectivity index (χ2v) is 8.58. The second-order valence-electron chi connectivity index (χ2n) is 6.65. The lowest BCUT2D eigenvalue weighted by atomic mass is 9.99. The van der Waals surface area contributed by atoms with Crippen LogP contribution < -0.4 is 10.5 Å². The van der Waals surface area contributed by atoms with Crippen molar-refractivity contribution in [2.75, 3.05) is 45.1 Å². The molecule has 1 aromatic rings. The molecule has 30 heavy (non-hydrogen) atoms. The van der Waals surface area contributed by atoms with Gasteiger partial charge in [0.25, 0.3) is 10.2 Å². The Morgan fingerprint density at radius 2 is 1.57 bits per heavy atom. The van der Waals surface area contributed by atoms with Crippen LogP contribution >= 0.6 is 0 Å². The van der Waals surface area contributed by atoms with E-state index < -0.39 is 28.5 Å². The van der Waals surface area contributed by atoms with Gasteiger partial charge in [-0.2, -0.15) is 17.0 Å². The summed E-state index contributed by atoms with van der Waals surface area (Å²) in [6, 6.07) is 4.98. The van der Waals surface area contributed by atoms with Crippen LogP contribution in [0.25, 0.3) is 0 Å². The fraction of sp³-hybridized carbons (Fsp3) is 0.588. The van der Waals surface area contributed by atoms with Crippen molar-refractivity contribution in [1.29, 1.82) is 0 Å². The molecule has 0 aromatic heterocycles. The predicted octanol–water partition coefficient (Wildman–Crippen LogP) is 1.53. The fourth-order valence-corrected chi connectivity index (χ4v) is 4.55. The monoisotopic (exact) mass is 455 g/mol. The van der Waals surface area contributed by atoms with E-state index >= 15 is 0 Å². The van der Waals surface area contributed by atoms with Crippen LogP contribution in [-0.4, -0.2) is 73.9 Å². The van der Waals surface area contributed by atoms with Gasteiger partial charge in [0.05, 0.1) is 19.1 Å². The van der Waals surface area contributed by atoms with Gasteiger partial charge in [0.1, 0.15) is 5.75 Å². The number of nitrogens with two attached hydrogens (primary N) is 1. The Labute approximate surface area is 172 Å². The quantitative estimate of drug-likeness (QED) is 0.660. The van der Waals surface area contributed by atoms with Crippen LogP contribution in [0.4, 0.5) is 18.9 Å². The zero-order valence-electron chi connectivity index (χ0n) is 16.0. The highest BCUT2D eigenvalue weighted by atomic mass is 32.2. The zero-order chi connectivity index (χ0) is 22.4. The molecule has 0 bridgehead atoms. The minimum atomic E-state index is -4.64. The van der Waals surface area contributed by atoms with E-state index in [1.54, 1.807) is 0 Å². The van der Waals surface area contributed by atoms with E-state index in [4.69, 9.17) is 15.6 Å². The Hall–Kier alpha value is -2.09. The first kappa shape index (κ1) is 24.2. The molecule has 2 aliphatic rings. The molecule has 2 heterocycles. The number of carbonyl (C=O) groups is 1. The summed E-state index contributed by atoms with van der Waals surface area (Å²) in [7, 11) is -3.44. The number of alkyl halides is 3. The molecular weight excluding hydrogens is 431 g/mol. The van der Waals surface area contributed by atoms with Crippen molar-refractivity contribution in [1.82, 2.24) is 8.61 Å². The molecule has 3 rings (SSSR count). The number of hydrogen-bond donors (Lipinski definition) is 2. The summed E-state index contributed by atoms with van der Waals surface area (Å²) in [4.78, 5) is 10.8. The third-order valence-corrected chi connectivity index (χ3v) is 6.57. The van der Waals surface area contributed by atoms with Crippen molar-refractivity contribution in [3.8, 4) is 5.75 Å². The zero-order valence-corrected chi connectivity index (χ0v) is 16.9. The molecular formula is C17H24F3N3O6S. The Bertz CT molecular complexity index is 790. The van der Waals surface area contributed by atoms with Crippen LogP contribution in [0.2, 0.25) is 0 Å². The van der Waals surface area contributed by atoms with Crippen molar-refractivity contribution in [2.45, 2.75) is 19.2 Å². The Balaban J connectivity index is 0.000000232. The summed E-state index contributed by atoms with van der Waals surface area (Å²) >= 11 is 0. The second kappa shape index (κ2) is 10.3. The molecule has 170 valence electrons. The van der Waals surface area contributed by atoms with Crippen molar-refractivity contribution >= 4 is 21.9 Å². The van der Waals surface area contributed by atoms with Crippen molar-refractivity contribution < 1.29 is 41.0 Å². The first-order valence-electron chi connectivity index (χ1n) is 9.16. The molecule has 0 aliphatic carbocycles. The largest absolute Gasteiger partial charge is 0.573 e. The van der Waals surface area contributed by atoms with Gasteiger partial charge in [-0.3, -0.25) is 4.79 Å². The summed E-state index contributed by atoms with van der Waals surface area (Å²) < 4.78 is 70.8. The molecule has 0 atom stereocenters. The van der Waals surface area contributed by atoms with E-state index in [-0.39, 0.29) is 18.8 Å². The van der Waals surface area contributed by atoms with Gasteiger partial charge in [0.2, 0.25) is 0 Å². The molecule has 13 heteroatoms. The van der Waals surface area contributed by atoms with Crippen LogP contribution in [-0.2, 0) is 19.7 Å². The number of anilines is 1. The van der Waals surface area contributed by atoms with Crippen molar-refractivity contribution in [3.63, 3.8) is 0 Å². The van der Waals surface area contributed by atoms with E-state index in [1.807, 2.05) is 0 Å². The molecule has 0 saturated carbocycles. The molecule has 0 amide bonds. The van der Waals surface area contributed by atoms with E-state index in [2.05, 4.69) is 4.74 Å². The lowest BCUT2D eigenvalue weighted by Crippen LogP contribution is -2.51. The number of carboxylic acid groups (broad SMARTS) is 1. The van der Waals surface area contributed by atoms with Crippen LogP contribution in [0.3, 0.4) is 0 Å². The molecule has 2 saturated heterocycles. The maximum absolute atomic E-state index is 12.3. The van der Waals surface area contributed by atoms with E-state index in [0.717, 1.165) is 12.1 Å². The molecule has 9 nitrogen and oxygen atoms in total. The fourth-order valence-electron chi connectivity index (χ4n) is 2.94. The Kier molecular flexibility index (Phi) is 8.29. The average molecular weight is 455 g/mol. The number of ether oxygens (including phenoxy) is 2. The third-order valence-electron chi connectivity index (χ3n) is 4.54. The number of hydrogen-bond acceptors (Lipinski definition) is 6. The third kappa shape index (κ3) is 7.31. The summed E-state index contributed by atoms with van der Waals surface area (Å²) in [6.07, 6.45) is -3.87. The highest BCUT2D eigenvalue weighted by Crippen LogP contribution is 2.23.